The number of carbonyl (C=O) groups is 1. The van der Waals surface area contributed by atoms with Crippen molar-refractivity contribution in [1.82, 2.24) is 24.5 Å². The van der Waals surface area contributed by atoms with Crippen LogP contribution in [-0.2, 0) is 0 Å². The first-order valence-corrected chi connectivity index (χ1v) is 10.4. The summed E-state index contributed by atoms with van der Waals surface area (Å²) in [6, 6.07) is 3.96. The van der Waals surface area contributed by atoms with Crippen molar-refractivity contribution < 1.29 is 31.5 Å². The molecule has 15 heteroatoms. The van der Waals surface area contributed by atoms with Gasteiger partial charge in [-0.1, -0.05) is 0 Å². The van der Waals surface area contributed by atoms with Crippen LogP contribution in [0.3, 0.4) is 0 Å². The van der Waals surface area contributed by atoms with Crippen molar-refractivity contribution in [2.75, 3.05) is 0 Å². The van der Waals surface area contributed by atoms with Crippen molar-refractivity contribution in [3.63, 3.8) is 0 Å². The van der Waals surface area contributed by atoms with Gasteiger partial charge < -0.3 is 9.64 Å². The molecule has 198 valence electrons. The molecule has 2 saturated heterocycles. The molecule has 3 aromatic rings. The number of nitrogens with zero attached hydrogens (tertiary/aromatic N) is 5. The second-order valence-corrected chi connectivity index (χ2v) is 8.10. The van der Waals surface area contributed by atoms with Gasteiger partial charge in [-0.3, -0.25) is 4.79 Å². The Kier molecular flexibility index (Phi) is 9.87. The van der Waals surface area contributed by atoms with Crippen LogP contribution in [0.5, 0.6) is 5.75 Å². The van der Waals surface area contributed by atoms with E-state index in [0.717, 1.165) is 12.1 Å². The number of benzene rings is 1. The fourth-order valence-corrected chi connectivity index (χ4v) is 5.02. The van der Waals surface area contributed by atoms with E-state index in [1.165, 1.54) is 23.0 Å². The number of halogens is 5. The maximum absolute atomic E-state index is 13.8. The zero-order chi connectivity index (χ0) is 23.3. The first-order valence-electron chi connectivity index (χ1n) is 10.4. The fraction of sp³-hybridized carbons (Fsp3) is 0.429. The molecule has 2 fully saturated rings. The van der Waals surface area contributed by atoms with E-state index in [1.54, 1.807) is 4.90 Å². The van der Waals surface area contributed by atoms with Gasteiger partial charge in [0.1, 0.15) is 12.0 Å². The van der Waals surface area contributed by atoms with E-state index in [-0.39, 0.29) is 69.8 Å². The normalized spacial score (nSPS) is 20.6. The number of hydrogen-bond acceptors (Lipinski definition) is 5. The summed E-state index contributed by atoms with van der Waals surface area (Å²) in [5.41, 5.74) is 0.0751. The minimum absolute atomic E-state index is 0. The van der Waals surface area contributed by atoms with Gasteiger partial charge in [0.2, 0.25) is 0 Å². The second kappa shape index (κ2) is 11.9. The van der Waals surface area contributed by atoms with Crippen LogP contribution in [0.15, 0.2) is 30.6 Å². The first kappa shape index (κ1) is 30.0. The van der Waals surface area contributed by atoms with Crippen LogP contribution in [0, 0.1) is 5.82 Å². The summed E-state index contributed by atoms with van der Waals surface area (Å²) in [5.74, 6) is -2.43. The molecule has 5 rings (SSSR count). The van der Waals surface area contributed by atoms with Gasteiger partial charge in [-0.2, -0.15) is 59.4 Å². The zero-order valence-electron chi connectivity index (χ0n) is 18.5. The maximum Gasteiger partial charge on any atom is 0.387 e. The van der Waals surface area contributed by atoms with E-state index in [4.69, 9.17) is 0 Å². The summed E-state index contributed by atoms with van der Waals surface area (Å²) in [5, 5.41) is 4.12. The lowest BCUT2D eigenvalue weighted by Crippen LogP contribution is -2.47. The molecule has 1 amide bonds. The molecule has 0 spiro atoms. The molecule has 2 aliphatic rings. The van der Waals surface area contributed by atoms with Gasteiger partial charge in [-0.25, -0.2) is 22.7 Å². The first-order chi connectivity index (χ1) is 15.8. The third-order valence-electron chi connectivity index (χ3n) is 6.35. The zero-order valence-corrected chi connectivity index (χ0v) is 21.5. The fourth-order valence-electron chi connectivity index (χ4n) is 5.02. The highest BCUT2D eigenvalue weighted by molar-refractivity contribution is 7.59. The number of alkyl halides is 4. The Balaban J connectivity index is 0.00000152. The highest BCUT2D eigenvalue weighted by Gasteiger charge is 2.46. The van der Waals surface area contributed by atoms with Crippen molar-refractivity contribution >= 4 is 52.2 Å². The van der Waals surface area contributed by atoms with E-state index < -0.39 is 36.2 Å². The largest absolute Gasteiger partial charge is 0.432 e. The van der Waals surface area contributed by atoms with Crippen molar-refractivity contribution in [2.24, 2.45) is 0 Å². The lowest BCUT2D eigenvalue weighted by Gasteiger charge is -2.40. The number of hydrogen-bond donors (Lipinski definition) is 0. The molecule has 4 heterocycles. The number of carbonyl (C=O) groups excluding carboxylic acids is 1. The predicted octanol–water partition coefficient (Wildman–Crippen LogP) is 4.69. The van der Waals surface area contributed by atoms with Crippen molar-refractivity contribution in [3.8, 4) is 5.75 Å². The Morgan fingerprint density at radius 3 is 2.44 bits per heavy atom. The smallest absolute Gasteiger partial charge is 0.387 e. The van der Waals surface area contributed by atoms with Crippen LogP contribution in [-0.4, -0.2) is 49.1 Å². The monoisotopic (exact) mass is 569 g/mol. The predicted molar refractivity (Wildman–Crippen MR) is 135 cm³/mol. The van der Waals surface area contributed by atoms with Gasteiger partial charge in [-0.15, -0.1) is 0 Å². The average Bonchev–Trinajstić information content (AvgIpc) is 3.37. The number of rotatable bonds is 5. The van der Waals surface area contributed by atoms with Crippen LogP contribution >= 0.6 is 40.5 Å². The van der Waals surface area contributed by atoms with E-state index in [1.807, 2.05) is 0 Å². The SMILES string of the molecule is O=C(c1ccc(F)c(OC(F)F)c1)N1[C@H]2CC[C@H](c3cc(C(F)F)nc4ncnn34)[C@@H]1CC2.S.S.S. The van der Waals surface area contributed by atoms with Crippen LogP contribution in [0.25, 0.3) is 5.78 Å². The highest BCUT2D eigenvalue weighted by Crippen LogP contribution is 2.45. The Hall–Kier alpha value is -2.26. The Morgan fingerprint density at radius 2 is 1.75 bits per heavy atom. The number of ether oxygens (including phenoxy) is 1. The molecular formula is C21H24F5N5O2S3. The van der Waals surface area contributed by atoms with Gasteiger partial charge in [0, 0.05) is 23.6 Å². The summed E-state index contributed by atoms with van der Waals surface area (Å²) in [4.78, 5) is 22.8. The summed E-state index contributed by atoms with van der Waals surface area (Å²) in [7, 11) is 0. The van der Waals surface area contributed by atoms with E-state index >= 15 is 0 Å². The molecule has 0 radical (unpaired) electrons. The number of fused-ring (bicyclic) bond motifs is 3. The Morgan fingerprint density at radius 1 is 1.03 bits per heavy atom. The summed E-state index contributed by atoms with van der Waals surface area (Å²) < 4.78 is 71.5. The minimum Gasteiger partial charge on any atom is -0.432 e. The Bertz CT molecular complexity index is 1220. The third-order valence-corrected chi connectivity index (χ3v) is 6.35. The van der Waals surface area contributed by atoms with E-state index in [2.05, 4.69) is 19.8 Å². The van der Waals surface area contributed by atoms with E-state index in [9.17, 15) is 26.7 Å². The molecular weight excluding hydrogens is 545 g/mol. The summed E-state index contributed by atoms with van der Waals surface area (Å²) in [6.45, 7) is -3.23. The molecule has 2 bridgehead atoms. The summed E-state index contributed by atoms with van der Waals surface area (Å²) in [6.07, 6.45) is 1.04. The molecule has 0 unspecified atom stereocenters. The topological polar surface area (TPSA) is 72.6 Å². The van der Waals surface area contributed by atoms with Crippen LogP contribution < -0.4 is 4.74 Å². The molecule has 2 aliphatic heterocycles. The van der Waals surface area contributed by atoms with Crippen molar-refractivity contribution in [2.45, 2.75) is 56.7 Å². The molecule has 1 aromatic carbocycles. The second-order valence-electron chi connectivity index (χ2n) is 8.10. The van der Waals surface area contributed by atoms with Gasteiger partial charge >= 0.3 is 6.61 Å². The molecule has 3 atom stereocenters. The lowest BCUT2D eigenvalue weighted by molar-refractivity contribution is -0.0522. The van der Waals surface area contributed by atoms with E-state index in [0.29, 0.717) is 31.4 Å². The third kappa shape index (κ3) is 5.37. The van der Waals surface area contributed by atoms with Crippen molar-refractivity contribution in [1.29, 1.82) is 0 Å². The number of amides is 1. The Labute approximate surface area is 223 Å². The van der Waals surface area contributed by atoms with Gasteiger partial charge in [0.25, 0.3) is 18.1 Å². The van der Waals surface area contributed by atoms with Crippen LogP contribution in [0.1, 0.15) is 59.8 Å². The lowest BCUT2D eigenvalue weighted by atomic mass is 9.86. The average molecular weight is 570 g/mol. The quantitative estimate of drug-likeness (QED) is 0.417. The van der Waals surface area contributed by atoms with Crippen LogP contribution in [0.4, 0.5) is 22.0 Å². The number of aromatic nitrogens is 4. The van der Waals surface area contributed by atoms with Gasteiger partial charge in [-0.05, 0) is 49.9 Å². The molecule has 0 saturated carbocycles. The highest BCUT2D eigenvalue weighted by atomic mass is 32.1. The minimum atomic E-state index is -3.23. The maximum atomic E-state index is 13.8. The molecule has 0 N–H and O–H groups in total. The van der Waals surface area contributed by atoms with Gasteiger partial charge in [0.15, 0.2) is 11.6 Å². The summed E-state index contributed by atoms with van der Waals surface area (Å²) >= 11 is 0. The molecule has 36 heavy (non-hydrogen) atoms. The van der Waals surface area contributed by atoms with Gasteiger partial charge in [0.05, 0.1) is 5.69 Å². The molecule has 0 aliphatic carbocycles. The van der Waals surface area contributed by atoms with Crippen LogP contribution in [0.2, 0.25) is 0 Å². The number of piperidine rings is 1. The standard InChI is InChI=1S/C21H18F5N5O2.3H2S/c22-13-5-1-10(7-17(13)33-20(25)26)19(32)30-11-2-4-12(15(30)6-3-11)16-8-14(18(23)24)29-21-27-9-28-31(16)21;;;/h1,5,7-9,11-12,15,18,20H,2-4,6H2;3*1H2/t11-,12-,15-;;;/m0.../s1. The van der Waals surface area contributed by atoms with Crippen molar-refractivity contribution in [3.05, 3.63) is 53.4 Å². The molecule has 2 aromatic heterocycles. The molecule has 7 nitrogen and oxygen atoms in total.